The highest BCUT2D eigenvalue weighted by atomic mass is 32.1. The van der Waals surface area contributed by atoms with Crippen LogP contribution in [0.5, 0.6) is 0 Å². The molecule has 0 bridgehead atoms. The van der Waals surface area contributed by atoms with Gasteiger partial charge in [0.15, 0.2) is 0 Å². The third-order valence-electron chi connectivity index (χ3n) is 6.69. The number of anilines is 1. The summed E-state index contributed by atoms with van der Waals surface area (Å²) in [6.45, 7) is 1.83. The van der Waals surface area contributed by atoms with Gasteiger partial charge in [-0.3, -0.25) is 14.5 Å². The average Bonchev–Trinajstić information content (AvgIpc) is 3.38. The van der Waals surface area contributed by atoms with E-state index in [-0.39, 0.29) is 17.0 Å². The number of aliphatic hydroxyl groups is 1. The standard InChI is InChI=1S/C27H22F3NO3S/c1-15-12-13-35-25(15)22-21(23(32)18-7-6-16-4-2-3-5-17(16)14-18)24(33)26(34)31(22)20-10-8-19(9-11-20)27(28,29)30/h6-14,22,32H,2-5H2,1H3/b23-21-. The first kappa shape index (κ1) is 23.4. The van der Waals surface area contributed by atoms with Crippen molar-refractivity contribution in [1.82, 2.24) is 0 Å². The number of aliphatic hydroxyl groups excluding tert-OH is 1. The lowest BCUT2D eigenvalue weighted by Crippen LogP contribution is -2.29. The molecule has 8 heteroatoms. The number of hydrogen-bond acceptors (Lipinski definition) is 4. The van der Waals surface area contributed by atoms with Crippen LogP contribution in [0.4, 0.5) is 18.9 Å². The maximum atomic E-state index is 13.3. The molecular formula is C27H22F3NO3S. The Balaban J connectivity index is 1.66. The molecular weight excluding hydrogens is 475 g/mol. The first-order valence-electron chi connectivity index (χ1n) is 11.3. The largest absolute Gasteiger partial charge is 0.507 e. The SMILES string of the molecule is Cc1ccsc1C1/C(=C(/O)c2ccc3c(c2)CCCC3)C(=O)C(=O)N1c1ccc(C(F)(F)F)cc1. The summed E-state index contributed by atoms with van der Waals surface area (Å²) in [6, 6.07) is 10.6. The minimum Gasteiger partial charge on any atom is -0.507 e. The molecule has 1 N–H and O–H groups in total. The first-order valence-corrected chi connectivity index (χ1v) is 12.2. The zero-order valence-corrected chi connectivity index (χ0v) is 19.7. The van der Waals surface area contributed by atoms with Gasteiger partial charge in [-0.1, -0.05) is 12.1 Å². The number of benzene rings is 2. The van der Waals surface area contributed by atoms with Crippen LogP contribution in [0.2, 0.25) is 0 Å². The fourth-order valence-electron chi connectivity index (χ4n) is 4.86. The summed E-state index contributed by atoms with van der Waals surface area (Å²) in [6.07, 6.45) is -0.534. The Morgan fingerprint density at radius 2 is 1.69 bits per heavy atom. The number of hydrogen-bond donors (Lipinski definition) is 1. The molecule has 1 unspecified atom stereocenters. The molecule has 1 aromatic heterocycles. The fraction of sp³-hybridized carbons (Fsp3) is 0.259. The lowest BCUT2D eigenvalue weighted by molar-refractivity contribution is -0.137. The summed E-state index contributed by atoms with van der Waals surface area (Å²) in [5.41, 5.74) is 2.84. The van der Waals surface area contributed by atoms with Crippen LogP contribution >= 0.6 is 11.3 Å². The maximum Gasteiger partial charge on any atom is 0.416 e. The molecule has 0 saturated carbocycles. The number of ketones is 1. The van der Waals surface area contributed by atoms with E-state index in [2.05, 4.69) is 0 Å². The molecule has 0 spiro atoms. The number of thiophene rings is 1. The highest BCUT2D eigenvalue weighted by Crippen LogP contribution is 2.45. The summed E-state index contributed by atoms with van der Waals surface area (Å²) in [7, 11) is 0. The molecule has 1 amide bonds. The number of alkyl halides is 3. The van der Waals surface area contributed by atoms with E-state index in [4.69, 9.17) is 0 Å². The third kappa shape index (κ3) is 4.05. The van der Waals surface area contributed by atoms with E-state index in [1.165, 1.54) is 33.9 Å². The number of carbonyl (C=O) groups excluding carboxylic acids is 2. The fourth-order valence-corrected chi connectivity index (χ4v) is 5.88. The summed E-state index contributed by atoms with van der Waals surface area (Å²) in [5, 5.41) is 13.1. The normalized spacial score (nSPS) is 19.8. The van der Waals surface area contributed by atoms with E-state index in [1.54, 1.807) is 6.07 Å². The Morgan fingerprint density at radius 3 is 2.31 bits per heavy atom. The van der Waals surface area contributed by atoms with Crippen LogP contribution in [-0.4, -0.2) is 16.8 Å². The summed E-state index contributed by atoms with van der Waals surface area (Å²) in [5.74, 6) is -2.02. The summed E-state index contributed by atoms with van der Waals surface area (Å²) in [4.78, 5) is 28.3. The molecule has 5 rings (SSSR count). The Morgan fingerprint density at radius 1 is 1.00 bits per heavy atom. The lowest BCUT2D eigenvalue weighted by Gasteiger charge is -2.25. The predicted octanol–water partition coefficient (Wildman–Crippen LogP) is 6.58. The van der Waals surface area contributed by atoms with Gasteiger partial charge in [0.25, 0.3) is 11.7 Å². The van der Waals surface area contributed by atoms with Crippen molar-refractivity contribution in [2.75, 3.05) is 4.90 Å². The maximum absolute atomic E-state index is 13.3. The number of Topliss-reactive ketones (excluding diaryl/α,β-unsaturated/α-hetero) is 1. The number of fused-ring (bicyclic) bond motifs is 1. The molecule has 2 aliphatic rings. The second-order valence-electron chi connectivity index (χ2n) is 8.87. The minimum atomic E-state index is -4.52. The van der Waals surface area contributed by atoms with Gasteiger partial charge < -0.3 is 5.11 Å². The Kier molecular flexibility index (Phi) is 5.79. The van der Waals surface area contributed by atoms with Crippen molar-refractivity contribution in [2.24, 2.45) is 0 Å². The molecule has 4 nitrogen and oxygen atoms in total. The van der Waals surface area contributed by atoms with Gasteiger partial charge >= 0.3 is 6.18 Å². The number of aryl methyl sites for hydroxylation is 3. The van der Waals surface area contributed by atoms with E-state index >= 15 is 0 Å². The highest BCUT2D eigenvalue weighted by Gasteiger charge is 2.48. The van der Waals surface area contributed by atoms with Crippen molar-refractivity contribution < 1.29 is 27.9 Å². The predicted molar refractivity (Wildman–Crippen MR) is 128 cm³/mol. The van der Waals surface area contributed by atoms with Gasteiger partial charge in [-0.15, -0.1) is 11.3 Å². The molecule has 0 radical (unpaired) electrons. The molecule has 1 saturated heterocycles. The van der Waals surface area contributed by atoms with Gasteiger partial charge in [-0.05, 0) is 91.1 Å². The van der Waals surface area contributed by atoms with E-state index in [9.17, 15) is 27.9 Å². The summed E-state index contributed by atoms with van der Waals surface area (Å²) < 4.78 is 39.3. The van der Waals surface area contributed by atoms with Gasteiger partial charge in [0.05, 0.1) is 11.1 Å². The Hall–Kier alpha value is -3.39. The van der Waals surface area contributed by atoms with Crippen LogP contribution in [0.1, 0.15) is 51.6 Å². The second-order valence-corrected chi connectivity index (χ2v) is 9.82. The van der Waals surface area contributed by atoms with Crippen molar-refractivity contribution in [3.05, 3.63) is 92.2 Å². The number of nitrogens with zero attached hydrogens (tertiary/aromatic N) is 1. The number of halogens is 3. The zero-order valence-electron chi connectivity index (χ0n) is 18.9. The van der Waals surface area contributed by atoms with Crippen LogP contribution in [-0.2, 0) is 28.6 Å². The van der Waals surface area contributed by atoms with Crippen LogP contribution in [0.15, 0.2) is 59.5 Å². The van der Waals surface area contributed by atoms with E-state index in [0.717, 1.165) is 48.9 Å². The molecule has 1 aliphatic heterocycles. The van der Waals surface area contributed by atoms with Crippen LogP contribution < -0.4 is 4.90 Å². The monoisotopic (exact) mass is 497 g/mol. The quantitative estimate of drug-likeness (QED) is 0.253. The van der Waals surface area contributed by atoms with Crippen molar-refractivity contribution in [3.8, 4) is 0 Å². The van der Waals surface area contributed by atoms with Crippen LogP contribution in [0.3, 0.4) is 0 Å². The third-order valence-corrected chi connectivity index (χ3v) is 7.76. The molecule has 2 heterocycles. The topological polar surface area (TPSA) is 57.6 Å². The van der Waals surface area contributed by atoms with E-state index in [0.29, 0.717) is 10.4 Å². The molecule has 1 atom stereocenters. The van der Waals surface area contributed by atoms with E-state index in [1.807, 2.05) is 30.5 Å². The first-order chi connectivity index (χ1) is 16.7. The molecule has 2 aromatic carbocycles. The number of rotatable bonds is 3. The Labute approximate surface area is 204 Å². The van der Waals surface area contributed by atoms with E-state index < -0.39 is 29.5 Å². The van der Waals surface area contributed by atoms with Crippen molar-refractivity contribution >= 4 is 34.5 Å². The molecule has 1 aliphatic carbocycles. The van der Waals surface area contributed by atoms with Gasteiger partial charge in [0.2, 0.25) is 0 Å². The van der Waals surface area contributed by atoms with Crippen LogP contribution in [0.25, 0.3) is 5.76 Å². The Bertz CT molecular complexity index is 1350. The molecule has 1 fully saturated rings. The van der Waals surface area contributed by atoms with Gasteiger partial charge in [-0.25, -0.2) is 0 Å². The van der Waals surface area contributed by atoms with Crippen LogP contribution in [0, 0.1) is 6.92 Å². The second kappa shape index (κ2) is 8.68. The molecule has 180 valence electrons. The minimum absolute atomic E-state index is 0.0591. The van der Waals surface area contributed by atoms with Crippen molar-refractivity contribution in [2.45, 2.75) is 44.8 Å². The molecule has 35 heavy (non-hydrogen) atoms. The lowest BCUT2D eigenvalue weighted by atomic mass is 9.89. The average molecular weight is 498 g/mol. The zero-order chi connectivity index (χ0) is 24.9. The van der Waals surface area contributed by atoms with Crippen molar-refractivity contribution in [3.63, 3.8) is 0 Å². The van der Waals surface area contributed by atoms with Gasteiger partial charge in [-0.2, -0.15) is 13.2 Å². The number of amides is 1. The highest BCUT2D eigenvalue weighted by molar-refractivity contribution is 7.10. The smallest absolute Gasteiger partial charge is 0.416 e. The van der Waals surface area contributed by atoms with Gasteiger partial charge in [0.1, 0.15) is 11.8 Å². The van der Waals surface area contributed by atoms with Gasteiger partial charge in [0, 0.05) is 16.1 Å². The molecule has 3 aromatic rings. The summed E-state index contributed by atoms with van der Waals surface area (Å²) >= 11 is 1.32. The van der Waals surface area contributed by atoms with Crippen molar-refractivity contribution in [1.29, 1.82) is 0 Å². The number of carbonyl (C=O) groups is 2.